The van der Waals surface area contributed by atoms with Gasteiger partial charge in [-0.1, -0.05) is 296 Å². The predicted octanol–water partition coefficient (Wildman–Crippen LogP) is 18.6. The molecule has 0 saturated carbocycles. The molecule has 0 spiro atoms. The summed E-state index contributed by atoms with van der Waals surface area (Å²) in [5.41, 5.74) is 0. The van der Waals surface area contributed by atoms with Crippen LogP contribution in [0.25, 0.3) is 0 Å². The molecule has 0 aromatic heterocycles. The number of aliphatic hydroxyl groups is 1. The van der Waals surface area contributed by atoms with Crippen molar-refractivity contribution >= 4 is 11.8 Å². The first-order valence-corrected chi connectivity index (χ1v) is 27.4. The Labute approximate surface area is 371 Å². The zero-order valence-corrected chi connectivity index (χ0v) is 40.6. The first kappa shape index (κ1) is 58.1. The van der Waals surface area contributed by atoms with Crippen LogP contribution >= 0.6 is 0 Å². The highest BCUT2D eigenvalue weighted by Crippen LogP contribution is 2.18. The lowest BCUT2D eigenvalue weighted by Gasteiger charge is -2.10. The van der Waals surface area contributed by atoms with Crippen molar-refractivity contribution in [3.63, 3.8) is 0 Å². The molecule has 0 heterocycles. The van der Waals surface area contributed by atoms with Gasteiger partial charge in [0.2, 0.25) is 0 Å². The number of ketones is 1. The highest BCUT2D eigenvalue weighted by atomic mass is 16.5. The smallest absolute Gasteiger partial charge is 0.334 e. The molecule has 0 aromatic carbocycles. The SMILES string of the molecule is CCCCCCCCCCCCCCCCCCCCCCC(O)C(=O)OCCCCCCCCCCCCCCCCCCCCCCCCCCCCCC(C)=O. The summed E-state index contributed by atoms with van der Waals surface area (Å²) < 4.78 is 5.37. The number of Topliss-reactive ketones (excluding diaryl/α,β-unsaturated/α-hetero) is 1. The van der Waals surface area contributed by atoms with Crippen molar-refractivity contribution in [2.75, 3.05) is 6.61 Å². The van der Waals surface area contributed by atoms with Gasteiger partial charge < -0.3 is 14.6 Å². The summed E-state index contributed by atoms with van der Waals surface area (Å²) in [5.74, 6) is -0.0661. The summed E-state index contributed by atoms with van der Waals surface area (Å²) in [4.78, 5) is 23.1. The Hall–Kier alpha value is -0.900. The minimum absolute atomic E-state index is 0.344. The Kier molecular flexibility index (Phi) is 50.7. The van der Waals surface area contributed by atoms with Gasteiger partial charge in [0, 0.05) is 6.42 Å². The molecule has 0 rings (SSSR count). The summed E-state index contributed by atoms with van der Waals surface area (Å²) in [6, 6.07) is 0. The van der Waals surface area contributed by atoms with Gasteiger partial charge in [-0.2, -0.15) is 0 Å². The van der Waals surface area contributed by atoms with Gasteiger partial charge in [-0.05, 0) is 26.2 Å². The standard InChI is InChI=1S/C55H108O4/c1-3-4-5-6-7-8-9-10-11-12-13-24-27-30-33-36-39-42-45-48-51-54(57)55(58)59-52-49-46-43-40-37-34-31-28-25-22-20-18-16-14-15-17-19-21-23-26-29-32-35-38-41-44-47-50-53(2)56/h54,57H,3-52H2,1-2H3. The van der Waals surface area contributed by atoms with Gasteiger partial charge in [-0.25, -0.2) is 4.79 Å². The second kappa shape index (κ2) is 51.5. The molecule has 1 N–H and O–H groups in total. The molecular weight excluding hydrogens is 725 g/mol. The molecule has 0 aliphatic rings. The van der Waals surface area contributed by atoms with Crippen LogP contribution in [0.1, 0.15) is 328 Å². The van der Waals surface area contributed by atoms with Crippen LogP contribution in [-0.2, 0) is 14.3 Å². The maximum atomic E-state index is 12.2. The number of ether oxygens (including phenoxy) is 1. The van der Waals surface area contributed by atoms with Crippen molar-refractivity contribution in [1.29, 1.82) is 0 Å². The van der Waals surface area contributed by atoms with E-state index in [0.29, 0.717) is 18.8 Å². The average molecular weight is 833 g/mol. The van der Waals surface area contributed by atoms with Gasteiger partial charge in [-0.3, -0.25) is 0 Å². The van der Waals surface area contributed by atoms with Gasteiger partial charge in [0.15, 0.2) is 6.10 Å². The molecule has 0 saturated heterocycles. The van der Waals surface area contributed by atoms with Crippen LogP contribution in [0.5, 0.6) is 0 Å². The van der Waals surface area contributed by atoms with E-state index in [2.05, 4.69) is 6.92 Å². The van der Waals surface area contributed by atoms with Crippen LogP contribution in [0.4, 0.5) is 0 Å². The fourth-order valence-electron chi connectivity index (χ4n) is 8.88. The molecule has 0 radical (unpaired) electrons. The van der Waals surface area contributed by atoms with E-state index in [4.69, 9.17) is 4.74 Å². The summed E-state index contributed by atoms with van der Waals surface area (Å²) >= 11 is 0. The first-order valence-electron chi connectivity index (χ1n) is 27.4. The van der Waals surface area contributed by atoms with Crippen molar-refractivity contribution < 1.29 is 19.4 Å². The minimum atomic E-state index is -0.936. The van der Waals surface area contributed by atoms with Gasteiger partial charge in [0.1, 0.15) is 5.78 Å². The van der Waals surface area contributed by atoms with Gasteiger partial charge in [0.25, 0.3) is 0 Å². The number of rotatable bonds is 52. The predicted molar refractivity (Wildman–Crippen MR) is 260 cm³/mol. The largest absolute Gasteiger partial charge is 0.464 e. The molecule has 1 unspecified atom stereocenters. The Morgan fingerprint density at radius 1 is 0.339 bits per heavy atom. The molecule has 352 valence electrons. The van der Waals surface area contributed by atoms with E-state index >= 15 is 0 Å². The summed E-state index contributed by atoms with van der Waals surface area (Å²) in [6.07, 6.45) is 64.1. The number of aliphatic hydroxyl groups excluding tert-OH is 1. The molecule has 1 atom stereocenters. The molecular formula is C55H108O4. The van der Waals surface area contributed by atoms with Crippen molar-refractivity contribution in [3.05, 3.63) is 0 Å². The van der Waals surface area contributed by atoms with Crippen molar-refractivity contribution in [2.45, 2.75) is 335 Å². The lowest BCUT2D eigenvalue weighted by molar-refractivity contribution is -0.154. The van der Waals surface area contributed by atoms with E-state index < -0.39 is 12.1 Å². The summed E-state index contributed by atoms with van der Waals surface area (Å²) in [6.45, 7) is 4.46. The maximum absolute atomic E-state index is 12.2. The van der Waals surface area contributed by atoms with Crippen LogP contribution in [-0.4, -0.2) is 29.6 Å². The number of esters is 1. The molecule has 0 bridgehead atoms. The van der Waals surface area contributed by atoms with E-state index in [1.807, 2.05) is 0 Å². The lowest BCUT2D eigenvalue weighted by Crippen LogP contribution is -2.23. The fraction of sp³-hybridized carbons (Fsp3) is 0.964. The molecule has 0 aliphatic heterocycles. The van der Waals surface area contributed by atoms with Crippen LogP contribution in [0.3, 0.4) is 0 Å². The quantitative estimate of drug-likeness (QED) is 0.0490. The normalized spacial score (nSPS) is 12.1. The third-order valence-corrected chi connectivity index (χ3v) is 13.0. The number of carbonyl (C=O) groups is 2. The molecule has 4 heteroatoms. The molecule has 0 aliphatic carbocycles. The van der Waals surface area contributed by atoms with E-state index in [-0.39, 0.29) is 0 Å². The molecule has 0 amide bonds. The first-order chi connectivity index (χ1) is 29.1. The van der Waals surface area contributed by atoms with E-state index in [1.54, 1.807) is 6.92 Å². The Morgan fingerprint density at radius 2 is 0.559 bits per heavy atom. The highest BCUT2D eigenvalue weighted by Gasteiger charge is 2.15. The third kappa shape index (κ3) is 51.4. The number of hydrogen-bond donors (Lipinski definition) is 1. The van der Waals surface area contributed by atoms with E-state index in [1.165, 1.54) is 270 Å². The Morgan fingerprint density at radius 3 is 0.814 bits per heavy atom. The molecule has 59 heavy (non-hydrogen) atoms. The van der Waals surface area contributed by atoms with Gasteiger partial charge >= 0.3 is 5.97 Å². The van der Waals surface area contributed by atoms with Gasteiger partial charge in [-0.15, -0.1) is 0 Å². The van der Waals surface area contributed by atoms with Crippen LogP contribution in [0, 0.1) is 0 Å². The number of carbonyl (C=O) groups excluding carboxylic acids is 2. The van der Waals surface area contributed by atoms with Gasteiger partial charge in [0.05, 0.1) is 6.61 Å². The molecule has 4 nitrogen and oxygen atoms in total. The Balaban J connectivity index is 3.22. The second-order valence-electron chi connectivity index (χ2n) is 19.2. The fourth-order valence-corrected chi connectivity index (χ4v) is 8.88. The van der Waals surface area contributed by atoms with Crippen LogP contribution < -0.4 is 0 Å². The van der Waals surface area contributed by atoms with Crippen LogP contribution in [0.15, 0.2) is 0 Å². The maximum Gasteiger partial charge on any atom is 0.334 e. The summed E-state index contributed by atoms with van der Waals surface area (Å²) in [7, 11) is 0. The lowest BCUT2D eigenvalue weighted by atomic mass is 10.0. The van der Waals surface area contributed by atoms with E-state index in [9.17, 15) is 14.7 Å². The molecule has 0 fully saturated rings. The number of hydrogen-bond acceptors (Lipinski definition) is 4. The highest BCUT2D eigenvalue weighted by molar-refractivity contribution is 5.75. The summed E-state index contributed by atoms with van der Waals surface area (Å²) in [5, 5.41) is 10.2. The van der Waals surface area contributed by atoms with E-state index in [0.717, 1.165) is 38.5 Å². The van der Waals surface area contributed by atoms with Crippen molar-refractivity contribution in [3.8, 4) is 0 Å². The monoisotopic (exact) mass is 833 g/mol. The Bertz CT molecular complexity index is 811. The second-order valence-corrected chi connectivity index (χ2v) is 19.2. The zero-order chi connectivity index (χ0) is 42.8. The van der Waals surface area contributed by atoms with Crippen LogP contribution in [0.2, 0.25) is 0 Å². The minimum Gasteiger partial charge on any atom is -0.464 e. The van der Waals surface area contributed by atoms with Crippen molar-refractivity contribution in [2.24, 2.45) is 0 Å². The zero-order valence-electron chi connectivity index (χ0n) is 40.6. The van der Waals surface area contributed by atoms with Crippen molar-refractivity contribution in [1.82, 2.24) is 0 Å². The third-order valence-electron chi connectivity index (χ3n) is 13.0. The number of unbranched alkanes of at least 4 members (excludes halogenated alkanes) is 45. The topological polar surface area (TPSA) is 63.6 Å². The average Bonchev–Trinajstić information content (AvgIpc) is 3.23. The molecule has 0 aromatic rings.